The van der Waals surface area contributed by atoms with E-state index in [0.717, 1.165) is 48.6 Å². The molecule has 2 fully saturated rings. The molecule has 3 rings (SSSR count). The van der Waals surface area contributed by atoms with Gasteiger partial charge in [0.1, 0.15) is 0 Å². The second-order valence-electron chi connectivity index (χ2n) is 7.78. The normalized spacial score (nSPS) is 20.3. The van der Waals surface area contributed by atoms with E-state index in [9.17, 15) is 0 Å². The van der Waals surface area contributed by atoms with Gasteiger partial charge in [-0.2, -0.15) is 0 Å². The minimum atomic E-state index is 0. The molecule has 1 atom stereocenters. The lowest BCUT2D eigenvalue weighted by Crippen LogP contribution is -2.41. The molecule has 2 aliphatic heterocycles. The van der Waals surface area contributed by atoms with Gasteiger partial charge >= 0.3 is 0 Å². The number of aliphatic imine (C=N–C) groups is 1. The molecule has 1 aromatic carbocycles. The predicted molar refractivity (Wildman–Crippen MR) is 130 cm³/mol. The average Bonchev–Trinajstić information content (AvgIpc) is 3.18. The summed E-state index contributed by atoms with van der Waals surface area (Å²) in [6.45, 7) is 9.33. The zero-order valence-corrected chi connectivity index (χ0v) is 20.5. The highest BCUT2D eigenvalue weighted by Gasteiger charge is 2.26. The quantitative estimate of drug-likeness (QED) is 0.341. The summed E-state index contributed by atoms with van der Waals surface area (Å²) >= 11 is 0. The first kappa shape index (κ1) is 24.1. The van der Waals surface area contributed by atoms with Crippen molar-refractivity contribution >= 4 is 29.9 Å². The summed E-state index contributed by atoms with van der Waals surface area (Å²) in [5, 5.41) is 3.52. The first-order valence-electron chi connectivity index (χ1n) is 10.7. The van der Waals surface area contributed by atoms with Crippen LogP contribution in [0.15, 0.2) is 23.2 Å². The first-order valence-corrected chi connectivity index (χ1v) is 10.7. The van der Waals surface area contributed by atoms with Crippen LogP contribution in [0.4, 0.5) is 0 Å². The second-order valence-corrected chi connectivity index (χ2v) is 7.78. The van der Waals surface area contributed by atoms with Crippen LogP contribution >= 0.6 is 24.0 Å². The van der Waals surface area contributed by atoms with Crippen molar-refractivity contribution in [1.29, 1.82) is 0 Å². The number of hydrogen-bond donors (Lipinski definition) is 1. The summed E-state index contributed by atoms with van der Waals surface area (Å²) in [4.78, 5) is 9.58. The van der Waals surface area contributed by atoms with Gasteiger partial charge in [0.15, 0.2) is 17.5 Å². The van der Waals surface area contributed by atoms with E-state index < -0.39 is 0 Å². The van der Waals surface area contributed by atoms with E-state index in [-0.39, 0.29) is 24.0 Å². The molecule has 0 aliphatic carbocycles. The first-order chi connectivity index (χ1) is 13.7. The van der Waals surface area contributed by atoms with E-state index in [1.54, 1.807) is 7.11 Å². The van der Waals surface area contributed by atoms with Crippen molar-refractivity contribution in [3.05, 3.63) is 23.8 Å². The van der Waals surface area contributed by atoms with E-state index in [1.807, 2.05) is 26.1 Å². The van der Waals surface area contributed by atoms with Gasteiger partial charge in [0.2, 0.25) is 0 Å². The summed E-state index contributed by atoms with van der Waals surface area (Å²) in [7, 11) is 3.55. The molecular formula is C22H37IN4O2. The van der Waals surface area contributed by atoms with E-state index >= 15 is 0 Å². The zero-order chi connectivity index (χ0) is 19.8. The number of benzene rings is 1. The fourth-order valence-electron chi connectivity index (χ4n) is 4.29. The number of hydrogen-bond acceptors (Lipinski definition) is 4. The molecule has 0 bridgehead atoms. The van der Waals surface area contributed by atoms with E-state index in [4.69, 9.17) is 9.47 Å². The molecule has 29 heavy (non-hydrogen) atoms. The minimum Gasteiger partial charge on any atom is -0.493 e. The van der Waals surface area contributed by atoms with Crippen LogP contribution in [-0.2, 0) is 6.54 Å². The largest absolute Gasteiger partial charge is 0.493 e. The molecule has 0 amide bonds. The van der Waals surface area contributed by atoms with Crippen molar-refractivity contribution in [2.24, 2.45) is 10.9 Å². The fraction of sp³-hybridized carbons (Fsp3) is 0.682. The number of nitrogens with zero attached hydrogens (tertiary/aromatic N) is 3. The SMILES string of the molecule is CCOc1cc(CNC(=NC)N2CCC(CN3CCCCC3)C2)ccc1OC.I. The monoisotopic (exact) mass is 516 g/mol. The van der Waals surface area contributed by atoms with Crippen LogP contribution in [0.2, 0.25) is 0 Å². The molecule has 164 valence electrons. The number of likely N-dealkylation sites (tertiary alicyclic amines) is 2. The van der Waals surface area contributed by atoms with Crippen LogP contribution in [-0.4, -0.2) is 69.2 Å². The molecule has 7 heteroatoms. The number of guanidine groups is 1. The van der Waals surface area contributed by atoms with Crippen molar-refractivity contribution in [2.75, 3.05) is 53.5 Å². The summed E-state index contributed by atoms with van der Waals surface area (Å²) in [6.07, 6.45) is 5.39. The van der Waals surface area contributed by atoms with Crippen molar-refractivity contribution in [2.45, 2.75) is 39.2 Å². The number of piperidine rings is 1. The molecule has 0 aromatic heterocycles. The second kappa shape index (κ2) is 12.5. The Morgan fingerprint density at radius 3 is 2.66 bits per heavy atom. The Balaban J connectivity index is 0.00000300. The molecule has 2 saturated heterocycles. The number of nitrogens with one attached hydrogen (secondary N) is 1. The van der Waals surface area contributed by atoms with E-state index in [1.165, 1.54) is 45.3 Å². The topological polar surface area (TPSA) is 49.3 Å². The Hall–Kier alpha value is -1.22. The highest BCUT2D eigenvalue weighted by Crippen LogP contribution is 2.28. The molecule has 1 unspecified atom stereocenters. The maximum absolute atomic E-state index is 5.69. The van der Waals surface area contributed by atoms with E-state index in [2.05, 4.69) is 26.2 Å². The Kier molecular flexibility index (Phi) is 10.3. The van der Waals surface area contributed by atoms with Crippen LogP contribution in [0.5, 0.6) is 11.5 Å². The molecule has 1 aromatic rings. The summed E-state index contributed by atoms with van der Waals surface area (Å²) in [5.74, 6) is 3.31. The molecule has 1 N–H and O–H groups in total. The third-order valence-corrected chi connectivity index (χ3v) is 5.74. The Labute approximate surface area is 193 Å². The lowest BCUT2D eigenvalue weighted by Gasteiger charge is -2.29. The number of ether oxygens (including phenoxy) is 2. The molecule has 2 aliphatic rings. The van der Waals surface area contributed by atoms with Gasteiger partial charge in [-0.3, -0.25) is 4.99 Å². The molecular weight excluding hydrogens is 479 g/mol. The summed E-state index contributed by atoms with van der Waals surface area (Å²) < 4.78 is 11.1. The van der Waals surface area contributed by atoms with E-state index in [0.29, 0.717) is 6.61 Å². The maximum atomic E-state index is 5.69. The molecule has 0 radical (unpaired) electrons. The average molecular weight is 516 g/mol. The molecule has 2 heterocycles. The van der Waals surface area contributed by atoms with Crippen molar-refractivity contribution in [3.63, 3.8) is 0 Å². The van der Waals surface area contributed by atoms with Gasteiger partial charge < -0.3 is 24.6 Å². The molecule has 0 saturated carbocycles. The van der Waals surface area contributed by atoms with Crippen LogP contribution in [0.25, 0.3) is 0 Å². The van der Waals surface area contributed by atoms with Gasteiger partial charge in [-0.25, -0.2) is 0 Å². The summed E-state index contributed by atoms with van der Waals surface area (Å²) in [5.41, 5.74) is 1.16. The lowest BCUT2D eigenvalue weighted by molar-refractivity contribution is 0.198. The Morgan fingerprint density at radius 2 is 1.97 bits per heavy atom. The third-order valence-electron chi connectivity index (χ3n) is 5.74. The van der Waals surface area contributed by atoms with Crippen LogP contribution in [0, 0.1) is 5.92 Å². The van der Waals surface area contributed by atoms with Crippen molar-refractivity contribution in [3.8, 4) is 11.5 Å². The lowest BCUT2D eigenvalue weighted by atomic mass is 10.1. The van der Waals surface area contributed by atoms with Crippen molar-refractivity contribution in [1.82, 2.24) is 15.1 Å². The van der Waals surface area contributed by atoms with Gasteiger partial charge in [-0.1, -0.05) is 12.5 Å². The highest BCUT2D eigenvalue weighted by atomic mass is 127. The Bertz CT molecular complexity index is 650. The van der Waals surface area contributed by atoms with Gasteiger partial charge in [0.05, 0.1) is 13.7 Å². The molecule has 0 spiro atoms. The standard InChI is InChI=1S/C22H36N4O2.HI/c1-4-28-21-14-18(8-9-20(21)27-3)15-24-22(23-2)26-13-10-19(17-26)16-25-11-6-5-7-12-25;/h8-9,14,19H,4-7,10-13,15-17H2,1-3H3,(H,23,24);1H. The summed E-state index contributed by atoms with van der Waals surface area (Å²) in [6, 6.07) is 6.09. The number of halogens is 1. The number of rotatable bonds is 7. The molecule has 6 nitrogen and oxygen atoms in total. The number of methoxy groups -OCH3 is 1. The van der Waals surface area contributed by atoms with Crippen LogP contribution in [0.3, 0.4) is 0 Å². The van der Waals surface area contributed by atoms with Crippen LogP contribution in [0.1, 0.15) is 38.2 Å². The fourth-order valence-corrected chi connectivity index (χ4v) is 4.29. The minimum absolute atomic E-state index is 0. The van der Waals surface area contributed by atoms with Gasteiger partial charge in [-0.15, -0.1) is 24.0 Å². The zero-order valence-electron chi connectivity index (χ0n) is 18.2. The van der Waals surface area contributed by atoms with Crippen molar-refractivity contribution < 1.29 is 9.47 Å². The van der Waals surface area contributed by atoms with Gasteiger partial charge in [-0.05, 0) is 62.9 Å². The highest BCUT2D eigenvalue weighted by molar-refractivity contribution is 14.0. The van der Waals surface area contributed by atoms with Crippen LogP contribution < -0.4 is 14.8 Å². The smallest absolute Gasteiger partial charge is 0.193 e. The third kappa shape index (κ3) is 6.91. The maximum Gasteiger partial charge on any atom is 0.193 e. The Morgan fingerprint density at radius 1 is 1.17 bits per heavy atom. The van der Waals surface area contributed by atoms with Gasteiger partial charge in [0, 0.05) is 33.2 Å². The van der Waals surface area contributed by atoms with Gasteiger partial charge in [0.25, 0.3) is 0 Å². The predicted octanol–water partition coefficient (Wildman–Crippen LogP) is 3.60.